The molecule has 0 saturated heterocycles. The van der Waals surface area contributed by atoms with Gasteiger partial charge in [0.15, 0.2) is 5.54 Å². The number of carbonyl (C=O) groups is 3. The summed E-state index contributed by atoms with van der Waals surface area (Å²) in [4.78, 5) is 40.7. The molecule has 1 unspecified atom stereocenters. The van der Waals surface area contributed by atoms with E-state index in [9.17, 15) is 14.4 Å². The highest BCUT2D eigenvalue weighted by molar-refractivity contribution is 9.10. The van der Waals surface area contributed by atoms with Crippen LogP contribution in [0.4, 0.5) is 4.79 Å². The monoisotopic (exact) mass is 527 g/mol. The van der Waals surface area contributed by atoms with Crippen LogP contribution in [0.1, 0.15) is 42.9 Å². The number of nitrogens with one attached hydrogen (secondary N) is 2. The molecule has 0 bridgehead atoms. The number of aryl methyl sites for hydroxylation is 1. The number of benzene rings is 2. The maximum atomic E-state index is 13.2. The van der Waals surface area contributed by atoms with Crippen LogP contribution in [0.3, 0.4) is 0 Å². The third-order valence-corrected chi connectivity index (χ3v) is 7.36. The quantitative estimate of drug-likeness (QED) is 0.509. The molecule has 2 aromatic carbocycles. The maximum absolute atomic E-state index is 13.2. The first kappa shape index (κ1) is 24.3. The van der Waals surface area contributed by atoms with E-state index in [2.05, 4.69) is 33.5 Å². The maximum Gasteiger partial charge on any atom is 0.336 e. The van der Waals surface area contributed by atoms with Gasteiger partial charge in [-0.05, 0) is 67.3 Å². The minimum Gasteiger partial charge on any atom is -0.467 e. The molecule has 1 saturated carbocycles. The number of nitrogens with zero attached hydrogens (tertiary/aromatic N) is 1. The molecule has 7 nitrogen and oxygen atoms in total. The highest BCUT2D eigenvalue weighted by atomic mass is 79.9. The van der Waals surface area contributed by atoms with Crippen molar-refractivity contribution >= 4 is 33.8 Å². The van der Waals surface area contributed by atoms with Gasteiger partial charge in [0.2, 0.25) is 5.91 Å². The lowest BCUT2D eigenvalue weighted by Gasteiger charge is -2.31. The van der Waals surface area contributed by atoms with E-state index in [0.717, 1.165) is 34.0 Å². The SMILES string of the molecule is COC(=O)C1(NC(=O)NCC(=O)N(Cc2ccccc2)[C@@H](C)C2CC2)CCc2cc(Br)ccc21. The lowest BCUT2D eigenvalue weighted by atomic mass is 9.92. The average Bonchev–Trinajstić information content (AvgIpc) is 3.63. The van der Waals surface area contributed by atoms with Crippen LogP contribution in [0.2, 0.25) is 0 Å². The van der Waals surface area contributed by atoms with Gasteiger partial charge < -0.3 is 20.3 Å². The first-order valence-electron chi connectivity index (χ1n) is 11.6. The predicted octanol–water partition coefficient (Wildman–Crippen LogP) is 3.89. The van der Waals surface area contributed by atoms with Gasteiger partial charge in [-0.3, -0.25) is 4.79 Å². The second-order valence-electron chi connectivity index (χ2n) is 9.09. The average molecular weight is 528 g/mol. The van der Waals surface area contributed by atoms with Crippen molar-refractivity contribution in [2.45, 2.75) is 50.7 Å². The number of methoxy groups -OCH3 is 1. The predicted molar refractivity (Wildman–Crippen MR) is 132 cm³/mol. The summed E-state index contributed by atoms with van der Waals surface area (Å²) >= 11 is 3.45. The fourth-order valence-electron chi connectivity index (χ4n) is 4.78. The van der Waals surface area contributed by atoms with Gasteiger partial charge in [0.25, 0.3) is 0 Å². The molecule has 2 aliphatic rings. The second kappa shape index (κ2) is 10.2. The summed E-state index contributed by atoms with van der Waals surface area (Å²) in [5.74, 6) is -0.178. The van der Waals surface area contributed by atoms with E-state index in [1.54, 1.807) is 0 Å². The van der Waals surface area contributed by atoms with Crippen LogP contribution < -0.4 is 10.6 Å². The summed E-state index contributed by atoms with van der Waals surface area (Å²) in [7, 11) is 1.31. The van der Waals surface area contributed by atoms with E-state index in [-0.39, 0.29) is 18.5 Å². The summed E-state index contributed by atoms with van der Waals surface area (Å²) in [6, 6.07) is 15.0. The van der Waals surface area contributed by atoms with Gasteiger partial charge in [-0.15, -0.1) is 0 Å². The van der Waals surface area contributed by atoms with Crippen molar-refractivity contribution in [3.05, 3.63) is 69.7 Å². The molecule has 180 valence electrons. The third-order valence-electron chi connectivity index (χ3n) is 6.87. The van der Waals surface area contributed by atoms with Gasteiger partial charge >= 0.3 is 12.0 Å². The smallest absolute Gasteiger partial charge is 0.336 e. The van der Waals surface area contributed by atoms with Crippen LogP contribution in [-0.4, -0.2) is 42.5 Å². The van der Waals surface area contributed by atoms with Crippen molar-refractivity contribution in [1.82, 2.24) is 15.5 Å². The summed E-state index contributed by atoms with van der Waals surface area (Å²) in [6.45, 7) is 2.41. The van der Waals surface area contributed by atoms with Crippen molar-refractivity contribution in [3.8, 4) is 0 Å². The van der Waals surface area contributed by atoms with Gasteiger partial charge in [-0.1, -0.05) is 52.3 Å². The summed E-state index contributed by atoms with van der Waals surface area (Å²) < 4.78 is 5.96. The molecule has 0 heterocycles. The number of esters is 1. The largest absolute Gasteiger partial charge is 0.467 e. The lowest BCUT2D eigenvalue weighted by molar-refractivity contribution is -0.148. The molecular weight excluding hydrogens is 498 g/mol. The Bertz CT molecular complexity index is 1070. The molecule has 8 heteroatoms. The number of hydrogen-bond donors (Lipinski definition) is 2. The van der Waals surface area contributed by atoms with E-state index in [1.165, 1.54) is 7.11 Å². The Morgan fingerprint density at radius 3 is 2.59 bits per heavy atom. The van der Waals surface area contributed by atoms with Crippen molar-refractivity contribution < 1.29 is 19.1 Å². The first-order chi connectivity index (χ1) is 16.3. The molecule has 2 atom stereocenters. The van der Waals surface area contributed by atoms with Gasteiger partial charge in [-0.25, -0.2) is 9.59 Å². The normalized spacial score (nSPS) is 19.6. The number of rotatable bonds is 8. The van der Waals surface area contributed by atoms with Gasteiger partial charge in [0, 0.05) is 17.1 Å². The molecule has 0 spiro atoms. The zero-order valence-corrected chi connectivity index (χ0v) is 21.1. The fraction of sp³-hybridized carbons (Fsp3) is 0.423. The molecule has 2 aliphatic carbocycles. The van der Waals surface area contributed by atoms with Crippen LogP contribution in [0, 0.1) is 5.92 Å². The van der Waals surface area contributed by atoms with E-state index in [0.29, 0.717) is 25.3 Å². The van der Waals surface area contributed by atoms with Crippen molar-refractivity contribution in [2.75, 3.05) is 13.7 Å². The third kappa shape index (κ3) is 5.12. The van der Waals surface area contributed by atoms with Crippen molar-refractivity contribution in [3.63, 3.8) is 0 Å². The molecule has 3 amide bonds. The second-order valence-corrected chi connectivity index (χ2v) is 10.0. The molecule has 0 aromatic heterocycles. The van der Waals surface area contributed by atoms with Crippen LogP contribution >= 0.6 is 15.9 Å². The molecule has 0 aliphatic heterocycles. The van der Waals surface area contributed by atoms with Gasteiger partial charge in [0.05, 0.1) is 13.7 Å². The molecule has 1 fully saturated rings. The Morgan fingerprint density at radius 2 is 1.91 bits per heavy atom. The molecular formula is C26H30BrN3O4. The number of halogens is 1. The van der Waals surface area contributed by atoms with Crippen LogP contribution in [-0.2, 0) is 32.8 Å². The molecule has 0 radical (unpaired) electrons. The van der Waals surface area contributed by atoms with Gasteiger partial charge in [-0.2, -0.15) is 0 Å². The van der Waals surface area contributed by atoms with E-state index in [4.69, 9.17) is 4.74 Å². The van der Waals surface area contributed by atoms with Crippen LogP contribution in [0.25, 0.3) is 0 Å². The van der Waals surface area contributed by atoms with E-state index >= 15 is 0 Å². The highest BCUT2D eigenvalue weighted by Crippen LogP contribution is 2.39. The number of fused-ring (bicyclic) bond motifs is 1. The summed E-state index contributed by atoms with van der Waals surface area (Å²) in [5.41, 5.74) is 1.47. The van der Waals surface area contributed by atoms with Crippen molar-refractivity contribution in [1.29, 1.82) is 0 Å². The number of hydrogen-bond acceptors (Lipinski definition) is 4. The van der Waals surface area contributed by atoms with Crippen LogP contribution in [0.5, 0.6) is 0 Å². The zero-order chi connectivity index (χ0) is 24.3. The fourth-order valence-corrected chi connectivity index (χ4v) is 5.19. The van der Waals surface area contributed by atoms with E-state index < -0.39 is 17.5 Å². The van der Waals surface area contributed by atoms with E-state index in [1.807, 2.05) is 53.4 Å². The Labute approximate surface area is 208 Å². The Morgan fingerprint density at radius 1 is 1.18 bits per heavy atom. The Balaban J connectivity index is 1.44. The topological polar surface area (TPSA) is 87.7 Å². The zero-order valence-electron chi connectivity index (χ0n) is 19.5. The molecule has 34 heavy (non-hydrogen) atoms. The summed E-state index contributed by atoms with van der Waals surface area (Å²) in [6.07, 6.45) is 3.26. The lowest BCUT2D eigenvalue weighted by Crippen LogP contribution is -2.55. The van der Waals surface area contributed by atoms with Crippen LogP contribution in [0.15, 0.2) is 53.0 Å². The number of carbonyl (C=O) groups excluding carboxylic acids is 3. The molecule has 2 N–H and O–H groups in total. The standard InChI is InChI=1S/C26H30BrN3O4/c1-17(19-8-9-19)30(16-18-6-4-3-5-7-18)23(31)15-28-25(33)29-26(24(32)34-2)13-12-20-14-21(27)10-11-22(20)26/h3-7,10-11,14,17,19H,8-9,12-13,15-16H2,1-2H3,(H2,28,29,33)/t17-,26?/m0/s1. The first-order valence-corrected chi connectivity index (χ1v) is 12.4. The number of urea groups is 1. The minimum absolute atomic E-state index is 0.0964. The summed E-state index contributed by atoms with van der Waals surface area (Å²) in [5, 5.41) is 5.49. The van der Waals surface area contributed by atoms with Crippen molar-refractivity contribution in [2.24, 2.45) is 5.92 Å². The number of ether oxygens (including phenoxy) is 1. The Hall–Kier alpha value is -2.87. The highest BCUT2D eigenvalue weighted by Gasteiger charge is 2.48. The Kier molecular flexibility index (Phi) is 7.26. The molecule has 2 aromatic rings. The number of amides is 3. The van der Waals surface area contributed by atoms with Gasteiger partial charge in [0.1, 0.15) is 0 Å². The minimum atomic E-state index is -1.27. The molecule has 4 rings (SSSR count).